The minimum absolute atomic E-state index is 0.0465. The molecule has 1 fully saturated rings. The Morgan fingerprint density at radius 3 is 2.56 bits per heavy atom. The lowest BCUT2D eigenvalue weighted by Gasteiger charge is -2.35. The first-order chi connectivity index (χ1) is 15.5. The Labute approximate surface area is 187 Å². The highest BCUT2D eigenvalue weighted by atomic mass is 32.1. The molecule has 1 aliphatic rings. The summed E-state index contributed by atoms with van der Waals surface area (Å²) in [5.41, 5.74) is 1.08. The van der Waals surface area contributed by atoms with Gasteiger partial charge in [0, 0.05) is 33.1 Å². The van der Waals surface area contributed by atoms with E-state index in [2.05, 4.69) is 4.90 Å². The van der Waals surface area contributed by atoms with Gasteiger partial charge in [-0.05, 0) is 31.2 Å². The number of esters is 1. The van der Waals surface area contributed by atoms with E-state index in [0.717, 1.165) is 16.0 Å². The van der Waals surface area contributed by atoms with Gasteiger partial charge in [0.15, 0.2) is 5.65 Å². The number of carbonyl (C=O) groups excluding carboxylic acids is 2. The van der Waals surface area contributed by atoms with Gasteiger partial charge in [0.25, 0.3) is 0 Å². The topological polar surface area (TPSA) is 84.2 Å². The van der Waals surface area contributed by atoms with Crippen LogP contribution in [0.25, 0.3) is 26.1 Å². The Hall–Kier alpha value is -3.46. The first kappa shape index (κ1) is 20.4. The van der Waals surface area contributed by atoms with Crippen molar-refractivity contribution < 1.29 is 14.3 Å². The number of amides is 1. The number of thiazole rings is 1. The number of hydrogen-bond donors (Lipinski definition) is 0. The fraction of sp³-hybridized carbons (Fsp3) is 0.304. The number of ether oxygens (including phenoxy) is 1. The molecular formula is C23H22N4O4S. The Kier molecular flexibility index (Phi) is 5.05. The third-order valence-electron chi connectivity index (χ3n) is 5.80. The third kappa shape index (κ3) is 3.20. The summed E-state index contributed by atoms with van der Waals surface area (Å²) in [5, 5.41) is 0.375. The molecule has 0 N–H and O–H groups in total. The number of para-hydroxylation sites is 1. The summed E-state index contributed by atoms with van der Waals surface area (Å²) in [6.07, 6.45) is 0. The zero-order valence-corrected chi connectivity index (χ0v) is 18.6. The van der Waals surface area contributed by atoms with Crippen LogP contribution in [0.4, 0.5) is 5.82 Å². The van der Waals surface area contributed by atoms with Gasteiger partial charge >= 0.3 is 5.97 Å². The van der Waals surface area contributed by atoms with Crippen LogP contribution in [-0.2, 0) is 9.53 Å². The molecule has 4 aromatic rings. The van der Waals surface area contributed by atoms with Gasteiger partial charge < -0.3 is 14.5 Å². The van der Waals surface area contributed by atoms with Crippen LogP contribution in [0.2, 0.25) is 0 Å². The summed E-state index contributed by atoms with van der Waals surface area (Å²) in [6, 6.07) is 11.3. The fourth-order valence-corrected chi connectivity index (χ4v) is 5.36. The van der Waals surface area contributed by atoms with Crippen molar-refractivity contribution in [2.45, 2.75) is 13.8 Å². The van der Waals surface area contributed by atoms with Crippen LogP contribution in [0.15, 0.2) is 41.2 Å². The van der Waals surface area contributed by atoms with Crippen molar-refractivity contribution in [2.75, 3.05) is 37.7 Å². The van der Waals surface area contributed by atoms with Gasteiger partial charge in [-0.15, -0.1) is 11.3 Å². The van der Waals surface area contributed by atoms with Gasteiger partial charge in [0.2, 0.25) is 11.3 Å². The van der Waals surface area contributed by atoms with E-state index in [4.69, 9.17) is 9.72 Å². The zero-order valence-electron chi connectivity index (χ0n) is 17.8. The number of benzene rings is 1. The Morgan fingerprint density at radius 1 is 1.09 bits per heavy atom. The van der Waals surface area contributed by atoms with Crippen molar-refractivity contribution in [1.29, 1.82) is 0 Å². The molecule has 0 atom stereocenters. The first-order valence-electron chi connectivity index (χ1n) is 10.5. The molecule has 1 aromatic carbocycles. The van der Waals surface area contributed by atoms with Gasteiger partial charge in [-0.1, -0.05) is 12.1 Å². The van der Waals surface area contributed by atoms with Crippen LogP contribution in [0.3, 0.4) is 0 Å². The van der Waals surface area contributed by atoms with E-state index in [1.165, 1.54) is 11.3 Å². The molecule has 0 aliphatic carbocycles. The maximum atomic E-state index is 13.3. The number of rotatable bonds is 3. The largest absolute Gasteiger partial charge is 0.462 e. The third-order valence-corrected chi connectivity index (χ3v) is 6.95. The van der Waals surface area contributed by atoms with Crippen LogP contribution < -0.4 is 10.3 Å². The van der Waals surface area contributed by atoms with Gasteiger partial charge in [-0.3, -0.25) is 14.0 Å². The lowest BCUT2D eigenvalue weighted by molar-refractivity contribution is -0.129. The van der Waals surface area contributed by atoms with Crippen molar-refractivity contribution in [2.24, 2.45) is 0 Å². The molecule has 0 radical (unpaired) electrons. The monoisotopic (exact) mass is 450 g/mol. The quantitative estimate of drug-likeness (QED) is 0.446. The number of piperazine rings is 1. The second-order valence-electron chi connectivity index (χ2n) is 7.67. The predicted molar refractivity (Wildman–Crippen MR) is 125 cm³/mol. The van der Waals surface area contributed by atoms with Crippen molar-refractivity contribution in [3.05, 3.63) is 52.2 Å². The number of pyridine rings is 2. The summed E-state index contributed by atoms with van der Waals surface area (Å²) in [5.74, 6) is 0.196. The maximum absolute atomic E-state index is 13.3. The summed E-state index contributed by atoms with van der Waals surface area (Å²) in [4.78, 5) is 47.0. The van der Waals surface area contributed by atoms with E-state index in [9.17, 15) is 14.4 Å². The van der Waals surface area contributed by atoms with Crippen molar-refractivity contribution in [3.63, 3.8) is 0 Å². The molecule has 5 rings (SSSR count). The summed E-state index contributed by atoms with van der Waals surface area (Å²) < 4.78 is 8.04. The highest BCUT2D eigenvalue weighted by molar-refractivity contribution is 7.24. The van der Waals surface area contributed by atoms with Crippen LogP contribution in [0.5, 0.6) is 0 Å². The summed E-state index contributed by atoms with van der Waals surface area (Å²) in [7, 11) is 0. The first-order valence-corrected chi connectivity index (χ1v) is 11.4. The van der Waals surface area contributed by atoms with E-state index < -0.39 is 5.97 Å². The van der Waals surface area contributed by atoms with E-state index in [0.29, 0.717) is 42.0 Å². The van der Waals surface area contributed by atoms with E-state index >= 15 is 0 Å². The number of nitrogens with zero attached hydrogens (tertiary/aromatic N) is 4. The molecule has 32 heavy (non-hydrogen) atoms. The molecule has 9 heteroatoms. The van der Waals surface area contributed by atoms with Crippen LogP contribution >= 0.6 is 11.3 Å². The molecule has 164 valence electrons. The average molecular weight is 451 g/mol. The van der Waals surface area contributed by atoms with Gasteiger partial charge in [-0.25, -0.2) is 9.78 Å². The van der Waals surface area contributed by atoms with Crippen LogP contribution in [-0.4, -0.2) is 58.9 Å². The highest BCUT2D eigenvalue weighted by Gasteiger charge is 2.25. The van der Waals surface area contributed by atoms with Crippen LogP contribution in [0.1, 0.15) is 24.2 Å². The smallest absolute Gasteiger partial charge is 0.345 e. The second-order valence-corrected chi connectivity index (χ2v) is 8.70. The molecule has 0 spiro atoms. The molecule has 0 saturated carbocycles. The molecule has 1 saturated heterocycles. The lowest BCUT2D eigenvalue weighted by atomic mass is 10.2. The zero-order chi connectivity index (χ0) is 22.4. The standard InChI is InChI=1S/C23H22N4O4S/c1-3-31-23(30)19-20(29)15-8-9-18(26-12-10-25(11-13-26)14(2)28)24-21(15)27-16-6-4-5-7-17(16)32-22(19)27/h4-9H,3,10-13H2,1-2H3. The Bertz CT molecular complexity index is 1430. The molecule has 1 amide bonds. The molecule has 0 bridgehead atoms. The predicted octanol–water partition coefficient (Wildman–Crippen LogP) is 2.91. The summed E-state index contributed by atoms with van der Waals surface area (Å²) in [6.45, 7) is 6.09. The van der Waals surface area contributed by atoms with Crippen molar-refractivity contribution in [1.82, 2.24) is 14.3 Å². The van der Waals surface area contributed by atoms with E-state index in [1.54, 1.807) is 19.9 Å². The number of hydrogen-bond acceptors (Lipinski definition) is 7. The SMILES string of the molecule is CCOC(=O)c1c(=O)c2ccc(N3CCN(C(C)=O)CC3)nc2n2c1sc1ccccc12. The average Bonchev–Trinajstić information content (AvgIpc) is 3.18. The minimum Gasteiger partial charge on any atom is -0.462 e. The van der Waals surface area contributed by atoms with E-state index in [1.807, 2.05) is 39.6 Å². The lowest BCUT2D eigenvalue weighted by Crippen LogP contribution is -2.48. The van der Waals surface area contributed by atoms with Crippen LogP contribution in [0, 0.1) is 0 Å². The minimum atomic E-state index is -0.618. The summed E-state index contributed by atoms with van der Waals surface area (Å²) >= 11 is 1.38. The highest BCUT2D eigenvalue weighted by Crippen LogP contribution is 2.31. The number of anilines is 1. The molecule has 3 aromatic heterocycles. The maximum Gasteiger partial charge on any atom is 0.345 e. The van der Waals surface area contributed by atoms with Crippen molar-refractivity contribution in [3.8, 4) is 0 Å². The molecule has 8 nitrogen and oxygen atoms in total. The number of aromatic nitrogens is 2. The Morgan fingerprint density at radius 2 is 1.84 bits per heavy atom. The number of fused-ring (bicyclic) bond motifs is 5. The van der Waals surface area contributed by atoms with Gasteiger partial charge in [-0.2, -0.15) is 0 Å². The van der Waals surface area contributed by atoms with Gasteiger partial charge in [0.05, 0.1) is 22.2 Å². The fourth-order valence-electron chi connectivity index (χ4n) is 4.19. The molecular weight excluding hydrogens is 428 g/mol. The van der Waals surface area contributed by atoms with E-state index in [-0.39, 0.29) is 23.5 Å². The van der Waals surface area contributed by atoms with Crippen molar-refractivity contribution >= 4 is 55.1 Å². The molecule has 0 unspecified atom stereocenters. The molecule has 1 aliphatic heterocycles. The molecule has 4 heterocycles. The number of carbonyl (C=O) groups is 2. The normalized spacial score (nSPS) is 14.4. The Balaban J connectivity index is 1.73. The van der Waals surface area contributed by atoms with Gasteiger partial charge in [0.1, 0.15) is 16.2 Å². The second kappa shape index (κ2) is 7.90.